The molecule has 0 spiro atoms. The van der Waals surface area contributed by atoms with E-state index in [4.69, 9.17) is 17.2 Å². The third-order valence-electron chi connectivity index (χ3n) is 5.49. The number of nitrogens with two attached hydrogens (primary N) is 3. The molecule has 13 heteroatoms. The van der Waals surface area contributed by atoms with Gasteiger partial charge in [-0.1, -0.05) is 6.92 Å². The van der Waals surface area contributed by atoms with Gasteiger partial charge >= 0.3 is 0 Å². The summed E-state index contributed by atoms with van der Waals surface area (Å²) in [5, 5.41) is 20.1. The first-order valence-corrected chi connectivity index (χ1v) is 13.7. The fraction of sp³-hybridized carbons (Fsp3) is 1.00. The van der Waals surface area contributed by atoms with Gasteiger partial charge in [0, 0.05) is 54.7 Å². The zero-order valence-corrected chi connectivity index (χ0v) is 23.6. The van der Waals surface area contributed by atoms with Gasteiger partial charge < -0.3 is 38.5 Å². The van der Waals surface area contributed by atoms with Gasteiger partial charge in [-0.15, -0.1) is 0 Å². The van der Waals surface area contributed by atoms with Gasteiger partial charge in [-0.3, -0.25) is 10.6 Å². The molecule has 4 atom stereocenters. The summed E-state index contributed by atoms with van der Waals surface area (Å²) in [5.74, 6) is 2.18. The minimum absolute atomic E-state index is 0.137. The number of thiol groups is 4. The molecular weight excluding hydrogens is 483 g/mol. The molecule has 0 aromatic rings. The van der Waals surface area contributed by atoms with Gasteiger partial charge in [0.1, 0.15) is 0 Å². The fourth-order valence-electron chi connectivity index (χ4n) is 2.71. The fourth-order valence-corrected chi connectivity index (χ4v) is 3.65. The van der Waals surface area contributed by atoms with Crippen LogP contribution in [0.15, 0.2) is 0 Å². The zero-order valence-electron chi connectivity index (χ0n) is 20.0. The Morgan fingerprint density at radius 3 is 1.72 bits per heavy atom. The summed E-state index contributed by atoms with van der Waals surface area (Å²) < 4.78 is 0. The first-order valence-electron chi connectivity index (χ1n) is 11.1. The van der Waals surface area contributed by atoms with Crippen molar-refractivity contribution in [2.75, 3.05) is 75.9 Å². The molecule has 0 fully saturated rings. The van der Waals surface area contributed by atoms with E-state index in [1.807, 2.05) is 0 Å². The number of hydrogen-bond donors (Lipinski definition) is 13. The van der Waals surface area contributed by atoms with Crippen molar-refractivity contribution in [1.29, 1.82) is 0 Å². The second-order valence-corrected chi connectivity index (χ2v) is 10.1. The summed E-state index contributed by atoms with van der Waals surface area (Å²) in [5.41, 5.74) is 17.1. The highest BCUT2D eigenvalue weighted by atomic mass is 32.1. The van der Waals surface area contributed by atoms with Crippen LogP contribution < -0.4 is 49.1 Å². The molecule has 0 aromatic carbocycles. The molecule has 0 bridgehead atoms. The van der Waals surface area contributed by atoms with Crippen LogP contribution in [0.5, 0.6) is 0 Å². The van der Waals surface area contributed by atoms with Crippen molar-refractivity contribution in [2.24, 2.45) is 17.2 Å². The van der Waals surface area contributed by atoms with Crippen LogP contribution in [0.2, 0.25) is 0 Å². The maximum Gasteiger partial charge on any atom is 0.0881 e. The van der Waals surface area contributed by atoms with Gasteiger partial charge in [0.15, 0.2) is 0 Å². The molecule has 0 saturated carbocycles. The smallest absolute Gasteiger partial charge is 0.0881 e. The number of rotatable bonds is 21. The lowest BCUT2D eigenvalue weighted by Crippen LogP contribution is -2.68. The predicted octanol–water partition coefficient (Wildman–Crippen LogP) is -1.99. The minimum Gasteiger partial charge on any atom is -0.315 e. The van der Waals surface area contributed by atoms with Crippen LogP contribution in [0.4, 0.5) is 0 Å². The van der Waals surface area contributed by atoms with Gasteiger partial charge in [-0.25, -0.2) is 0 Å². The second-order valence-electron chi connectivity index (χ2n) is 8.86. The van der Waals surface area contributed by atoms with E-state index in [-0.39, 0.29) is 5.54 Å². The van der Waals surface area contributed by atoms with Crippen LogP contribution in [-0.4, -0.2) is 98.4 Å². The van der Waals surface area contributed by atoms with Crippen molar-refractivity contribution in [3.05, 3.63) is 0 Å². The van der Waals surface area contributed by atoms with Crippen molar-refractivity contribution in [3.8, 4) is 0 Å². The maximum atomic E-state index is 6.52. The van der Waals surface area contributed by atoms with E-state index >= 15 is 0 Å². The predicted molar refractivity (Wildman–Crippen MR) is 154 cm³/mol. The highest BCUT2D eigenvalue weighted by molar-refractivity contribution is 7.80. The largest absolute Gasteiger partial charge is 0.315 e. The molecule has 0 heterocycles. The zero-order chi connectivity index (χ0) is 24.7. The Morgan fingerprint density at radius 1 is 0.656 bits per heavy atom. The lowest BCUT2D eigenvalue weighted by Gasteiger charge is -2.36. The third-order valence-corrected chi connectivity index (χ3v) is 7.88. The summed E-state index contributed by atoms with van der Waals surface area (Å²) in [4.78, 5) is 0. The molecule has 0 saturated heterocycles. The molecule has 0 aliphatic carbocycles. The Hall–Kier alpha value is 1.04. The molecule has 0 aliphatic rings. The molecule has 0 radical (unpaired) electrons. The molecule has 3 unspecified atom stereocenters. The van der Waals surface area contributed by atoms with Gasteiger partial charge in [-0.05, 0) is 40.0 Å². The number of hydrogen-bond acceptors (Lipinski definition) is 13. The average Bonchev–Trinajstić information content (AvgIpc) is 2.82. The Bertz CT molecular complexity index is 490. The normalized spacial score (nSPS) is 19.7. The second kappa shape index (κ2) is 16.7. The minimum atomic E-state index is -0.669. The van der Waals surface area contributed by atoms with Crippen molar-refractivity contribution >= 4 is 50.5 Å². The molecule has 0 aliphatic heterocycles. The Labute approximate surface area is 217 Å². The lowest BCUT2D eigenvalue weighted by molar-refractivity contribution is 0.284. The van der Waals surface area contributed by atoms with E-state index < -0.39 is 17.0 Å². The summed E-state index contributed by atoms with van der Waals surface area (Å²) in [7, 11) is 1.81. The molecule has 0 rings (SSSR count). The first kappa shape index (κ1) is 33.0. The van der Waals surface area contributed by atoms with Crippen LogP contribution in [0.3, 0.4) is 0 Å². The SMILES string of the molecule is CCNCC(C)(CS)NCC(N)(CS)NCCCNC[C@@](N)(CS)NCC(N)(CS)NC. The highest BCUT2D eigenvalue weighted by Crippen LogP contribution is 2.08. The summed E-state index contributed by atoms with van der Waals surface area (Å²) >= 11 is 17.6. The average molecular weight is 532 g/mol. The van der Waals surface area contributed by atoms with Crippen LogP contribution in [0, 0.1) is 0 Å². The summed E-state index contributed by atoms with van der Waals surface area (Å²) in [6.45, 7) is 9.17. The van der Waals surface area contributed by atoms with E-state index in [0.29, 0.717) is 42.6 Å². The Morgan fingerprint density at radius 2 is 1.22 bits per heavy atom. The highest BCUT2D eigenvalue weighted by Gasteiger charge is 2.29. The Balaban J connectivity index is 4.36. The lowest BCUT2D eigenvalue weighted by atomic mass is 10.0. The first-order chi connectivity index (χ1) is 15.0. The third kappa shape index (κ3) is 13.2. The standard InChI is InChI=1S/C19H49N9S4/c1-4-24-8-16(2,12-29)27-11-19(22,15-32)26-7-5-6-25-9-18(21,14-31)28-10-17(20,13-30)23-3/h23-32H,4-15,20-22H2,1-3H3/t16?,17?,18-,19?/m0/s1. The number of likely N-dealkylation sites (N-methyl/N-ethyl adjacent to an activating group) is 2. The molecular formula is C19H49N9S4. The van der Waals surface area contributed by atoms with E-state index in [2.05, 4.69) is 96.3 Å². The quantitative estimate of drug-likeness (QED) is 0.0459. The van der Waals surface area contributed by atoms with Crippen LogP contribution in [0.25, 0.3) is 0 Å². The molecule has 32 heavy (non-hydrogen) atoms. The summed E-state index contributed by atoms with van der Waals surface area (Å²) in [6, 6.07) is 0. The molecule has 12 N–H and O–H groups in total. The van der Waals surface area contributed by atoms with Crippen LogP contribution in [0.1, 0.15) is 20.3 Å². The molecule has 9 nitrogen and oxygen atoms in total. The summed E-state index contributed by atoms with van der Waals surface area (Å²) in [6.07, 6.45) is 0.893. The van der Waals surface area contributed by atoms with E-state index in [1.165, 1.54) is 0 Å². The van der Waals surface area contributed by atoms with Gasteiger partial charge in [0.2, 0.25) is 0 Å². The molecule has 0 amide bonds. The van der Waals surface area contributed by atoms with E-state index in [9.17, 15) is 0 Å². The van der Waals surface area contributed by atoms with Crippen LogP contribution in [-0.2, 0) is 0 Å². The van der Waals surface area contributed by atoms with Gasteiger partial charge in [0.25, 0.3) is 0 Å². The maximum absolute atomic E-state index is 6.52. The van der Waals surface area contributed by atoms with Crippen LogP contribution >= 0.6 is 50.5 Å². The van der Waals surface area contributed by atoms with Gasteiger partial charge in [-0.2, -0.15) is 50.5 Å². The van der Waals surface area contributed by atoms with Crippen molar-refractivity contribution in [1.82, 2.24) is 31.9 Å². The topological polar surface area (TPSA) is 150 Å². The van der Waals surface area contributed by atoms with Crippen molar-refractivity contribution in [2.45, 2.75) is 42.8 Å². The Kier molecular flexibility index (Phi) is 17.2. The van der Waals surface area contributed by atoms with Crippen molar-refractivity contribution < 1.29 is 0 Å². The van der Waals surface area contributed by atoms with E-state index in [1.54, 1.807) is 7.05 Å². The van der Waals surface area contributed by atoms with Gasteiger partial charge in [0.05, 0.1) is 17.0 Å². The molecule has 194 valence electrons. The van der Waals surface area contributed by atoms with Crippen molar-refractivity contribution in [3.63, 3.8) is 0 Å². The number of nitrogens with one attached hydrogen (secondary N) is 6. The monoisotopic (exact) mass is 531 g/mol. The van der Waals surface area contributed by atoms with E-state index in [0.717, 1.165) is 32.6 Å². The molecule has 0 aromatic heterocycles.